The molecule has 2 heteroatoms. The fourth-order valence-electron chi connectivity index (χ4n) is 0. The lowest BCUT2D eigenvalue weighted by Crippen LogP contribution is -1.25. The summed E-state index contributed by atoms with van der Waals surface area (Å²) in [5.41, 5.74) is 0.444. The zero-order valence-corrected chi connectivity index (χ0v) is 4.33. The summed E-state index contributed by atoms with van der Waals surface area (Å²) in [4.78, 5) is 8.67. The minimum Gasteiger partial charge on any atom is -0.291 e. The molecule has 0 aliphatic heterocycles. The molecule has 0 aliphatic carbocycles. The van der Waals surface area contributed by atoms with E-state index in [0.717, 1.165) is 0 Å². The lowest BCUT2D eigenvalue weighted by molar-refractivity contribution is 0.570. The maximum absolute atomic E-state index is 8.67. The van der Waals surface area contributed by atoms with Gasteiger partial charge in [-0.1, -0.05) is 13.8 Å². The summed E-state index contributed by atoms with van der Waals surface area (Å²) in [6.45, 7) is 4.00. The minimum absolute atomic E-state index is 0. The molecule has 0 heterocycles. The van der Waals surface area contributed by atoms with Gasteiger partial charge in [-0.05, 0) is 0 Å². The van der Waals surface area contributed by atoms with Crippen LogP contribution in [0.5, 0.6) is 0 Å². The van der Waals surface area contributed by atoms with Gasteiger partial charge in [-0.2, -0.15) is 0 Å². The van der Waals surface area contributed by atoms with Gasteiger partial charge in [-0.15, -0.1) is 12.6 Å². The highest BCUT2D eigenvalue weighted by molar-refractivity contribution is 7.94. The Kier molecular flexibility index (Phi) is 62.7. The van der Waals surface area contributed by atoms with Gasteiger partial charge in [-0.3, -0.25) is 4.79 Å². The van der Waals surface area contributed by atoms with Crippen molar-refractivity contribution in [1.82, 2.24) is 0 Å². The maximum atomic E-state index is 8.67. The molecular formula is C3H10OS. The molecule has 0 bridgehead atoms. The van der Waals surface area contributed by atoms with Crippen molar-refractivity contribution >= 4 is 18.2 Å². The molecule has 0 fully saturated rings. The van der Waals surface area contributed by atoms with Crippen molar-refractivity contribution in [2.75, 3.05) is 0 Å². The van der Waals surface area contributed by atoms with Gasteiger partial charge in [0.15, 0.2) is 5.62 Å². The Bertz CT molecular complexity index is 18.3. The Hall–Kier alpha value is 0.0200. The van der Waals surface area contributed by atoms with E-state index in [1.807, 2.05) is 13.8 Å². The van der Waals surface area contributed by atoms with Gasteiger partial charge in [0.25, 0.3) is 0 Å². The molecule has 0 unspecified atom stereocenters. The van der Waals surface area contributed by atoms with Crippen LogP contribution in [0.1, 0.15) is 15.3 Å². The van der Waals surface area contributed by atoms with Crippen LogP contribution in [0.15, 0.2) is 0 Å². The van der Waals surface area contributed by atoms with E-state index in [2.05, 4.69) is 12.6 Å². The molecule has 0 aromatic heterocycles. The van der Waals surface area contributed by atoms with Gasteiger partial charge in [0.2, 0.25) is 0 Å². The molecule has 34 valence electrons. The molecule has 0 saturated carbocycles. The molecule has 0 aromatic carbocycles. The average molecular weight is 96.2 g/mol. The Balaban J connectivity index is -0.0000000275. The Morgan fingerprint density at radius 3 is 1.80 bits per heavy atom. The van der Waals surface area contributed by atoms with Gasteiger partial charge in [0.1, 0.15) is 0 Å². The van der Waals surface area contributed by atoms with Crippen molar-refractivity contribution < 1.29 is 6.22 Å². The first-order valence-electron chi connectivity index (χ1n) is 1.49. The zero-order valence-electron chi connectivity index (χ0n) is 3.43. The van der Waals surface area contributed by atoms with Crippen molar-refractivity contribution in [3.05, 3.63) is 0 Å². The highest BCUT2D eigenvalue weighted by Gasteiger charge is 1.24. The van der Waals surface area contributed by atoms with E-state index in [0.29, 0.717) is 5.62 Å². The molecular weight excluding hydrogens is 84.1 g/mol. The van der Waals surface area contributed by atoms with Crippen LogP contribution in [0.2, 0.25) is 0 Å². The fourth-order valence-corrected chi connectivity index (χ4v) is 0. The second-order valence-corrected chi connectivity index (χ2v) is 0.316. The second-order valence-electron chi connectivity index (χ2n) is 0.105. The number of thiol groups is 1. The predicted octanol–water partition coefficient (Wildman–Crippen LogP) is 1.38. The second kappa shape index (κ2) is 35.2. The number of rotatable bonds is 0. The zero-order chi connectivity index (χ0) is 4.71. The SMILES string of the molecule is CC.O=CS.[3HH]. The van der Waals surface area contributed by atoms with E-state index in [4.69, 9.17) is 4.79 Å². The molecule has 0 aliphatic rings. The highest BCUT2D eigenvalue weighted by atomic mass is 32.1. The van der Waals surface area contributed by atoms with Crippen LogP contribution < -0.4 is 0 Å². The first-order chi connectivity index (χ1) is 2.41. The summed E-state index contributed by atoms with van der Waals surface area (Å²) < 4.78 is 0. The van der Waals surface area contributed by atoms with Crippen LogP contribution in [-0.4, -0.2) is 5.62 Å². The lowest BCUT2D eigenvalue weighted by Gasteiger charge is -1.24. The van der Waals surface area contributed by atoms with Crippen LogP contribution in [0.4, 0.5) is 0 Å². The van der Waals surface area contributed by atoms with Gasteiger partial charge < -0.3 is 0 Å². The van der Waals surface area contributed by atoms with Crippen LogP contribution >= 0.6 is 12.6 Å². The molecule has 5 heavy (non-hydrogen) atoms. The quantitative estimate of drug-likeness (QED) is 0.356. The fraction of sp³-hybridized carbons (Fsp3) is 0.667. The van der Waals surface area contributed by atoms with Crippen molar-refractivity contribution in [3.63, 3.8) is 0 Å². The summed E-state index contributed by atoms with van der Waals surface area (Å²) in [6, 6.07) is 0. The van der Waals surface area contributed by atoms with E-state index in [1.165, 1.54) is 0 Å². The number of carbonyl (C=O) groups is 1. The van der Waals surface area contributed by atoms with Crippen molar-refractivity contribution in [3.8, 4) is 0 Å². The summed E-state index contributed by atoms with van der Waals surface area (Å²) in [7, 11) is 0. The van der Waals surface area contributed by atoms with Gasteiger partial charge in [-0.25, -0.2) is 0 Å². The van der Waals surface area contributed by atoms with E-state index < -0.39 is 0 Å². The van der Waals surface area contributed by atoms with E-state index >= 15 is 0 Å². The summed E-state index contributed by atoms with van der Waals surface area (Å²) in [5.74, 6) is 0. The first kappa shape index (κ1) is 8.89. The topological polar surface area (TPSA) is 17.1 Å². The van der Waals surface area contributed by atoms with Crippen LogP contribution in [-0.2, 0) is 4.79 Å². The monoisotopic (exact) mass is 96.1 g/mol. The van der Waals surface area contributed by atoms with Crippen LogP contribution in [0, 0.1) is 0 Å². The number of carbonyl (C=O) groups excluding carboxylic acids is 1. The molecule has 1 nitrogen and oxygen atoms in total. The smallest absolute Gasteiger partial charge is 0.173 e. The standard InChI is InChI=1S/C2H6.CH2OS.H2/c1-2;2-1-3;/h1-2H3;1H,(H,2,3);1H/i;;1+2. The number of hydrogen-bond donors (Lipinski definition) is 1. The van der Waals surface area contributed by atoms with E-state index in [-0.39, 0.29) is 1.43 Å². The number of hydrogen-bond acceptors (Lipinski definition) is 1. The van der Waals surface area contributed by atoms with E-state index in [9.17, 15) is 0 Å². The summed E-state index contributed by atoms with van der Waals surface area (Å²) >= 11 is 3.11. The third kappa shape index (κ3) is 41000. The normalized spacial score (nSPS) is 3.80. The lowest BCUT2D eigenvalue weighted by atomic mass is 11.0. The molecule has 0 radical (unpaired) electrons. The molecule has 0 saturated heterocycles. The van der Waals surface area contributed by atoms with Crippen LogP contribution in [0.3, 0.4) is 0 Å². The van der Waals surface area contributed by atoms with Crippen LogP contribution in [0.25, 0.3) is 0 Å². The van der Waals surface area contributed by atoms with E-state index in [1.54, 1.807) is 0 Å². The van der Waals surface area contributed by atoms with Gasteiger partial charge >= 0.3 is 0 Å². The minimum atomic E-state index is 0. The third-order valence-corrected chi connectivity index (χ3v) is 0. The molecule has 0 spiro atoms. The largest absolute Gasteiger partial charge is 0.291 e. The molecule has 0 N–H and O–H groups in total. The molecule has 0 aromatic rings. The van der Waals surface area contributed by atoms with Gasteiger partial charge in [0, 0.05) is 1.43 Å². The average Bonchev–Trinajstić information content (AvgIpc) is 1.46. The maximum Gasteiger partial charge on any atom is 0.173 e. The van der Waals surface area contributed by atoms with Crippen molar-refractivity contribution in [2.45, 2.75) is 13.8 Å². The highest BCUT2D eigenvalue weighted by Crippen LogP contribution is 1.39. The Morgan fingerprint density at radius 1 is 1.80 bits per heavy atom. The molecule has 0 atom stereocenters. The first-order valence-corrected chi connectivity index (χ1v) is 2.01. The molecule has 0 rings (SSSR count). The summed E-state index contributed by atoms with van der Waals surface area (Å²) in [6.07, 6.45) is 0. The van der Waals surface area contributed by atoms with Gasteiger partial charge in [0.05, 0.1) is 0 Å². The Labute approximate surface area is 39.3 Å². The molecule has 0 amide bonds. The van der Waals surface area contributed by atoms with Crippen molar-refractivity contribution in [2.24, 2.45) is 0 Å². The predicted molar refractivity (Wildman–Crippen MR) is 29.2 cm³/mol. The Morgan fingerprint density at radius 2 is 1.80 bits per heavy atom. The summed E-state index contributed by atoms with van der Waals surface area (Å²) in [5, 5.41) is 0. The third-order valence-electron chi connectivity index (χ3n) is 0. The van der Waals surface area contributed by atoms with Crippen molar-refractivity contribution in [1.29, 1.82) is 0 Å².